The number of hydrogen-bond acceptors (Lipinski definition) is 3. The molecule has 1 amide bonds. The van der Waals surface area contributed by atoms with Crippen molar-refractivity contribution in [2.24, 2.45) is 0 Å². The van der Waals surface area contributed by atoms with Crippen molar-refractivity contribution in [3.63, 3.8) is 0 Å². The number of nitrogens with zero attached hydrogens (tertiary/aromatic N) is 1. The van der Waals surface area contributed by atoms with Crippen molar-refractivity contribution in [3.05, 3.63) is 35.7 Å². The van der Waals surface area contributed by atoms with E-state index in [2.05, 4.69) is 10.3 Å². The summed E-state index contributed by atoms with van der Waals surface area (Å²) in [5, 5.41) is 11.6. The van der Waals surface area contributed by atoms with Gasteiger partial charge in [-0.3, -0.25) is 9.78 Å². The molecule has 0 bridgehead atoms. The van der Waals surface area contributed by atoms with E-state index in [1.807, 2.05) is 0 Å². The summed E-state index contributed by atoms with van der Waals surface area (Å²) in [5.41, 5.74) is 0.776. The molecule has 0 spiro atoms. The molecule has 17 heavy (non-hydrogen) atoms. The Bertz CT molecular complexity index is 441. The summed E-state index contributed by atoms with van der Waals surface area (Å²) >= 11 is 0. The van der Waals surface area contributed by atoms with E-state index >= 15 is 0 Å². The lowest BCUT2D eigenvalue weighted by Gasteiger charge is -2.00. The Balaban J connectivity index is 2.59. The molecule has 0 aromatic carbocycles. The number of rotatable bonds is 5. The second-order valence-corrected chi connectivity index (χ2v) is 3.44. The van der Waals surface area contributed by atoms with E-state index in [-0.39, 0.29) is 11.5 Å². The molecule has 2 N–H and O–H groups in total. The zero-order chi connectivity index (χ0) is 12.7. The summed E-state index contributed by atoms with van der Waals surface area (Å²) in [5.74, 6) is -1.06. The van der Waals surface area contributed by atoms with E-state index in [9.17, 15) is 9.59 Å². The fraction of sp³-hybridized carbons (Fsp3) is 0.250. The summed E-state index contributed by atoms with van der Waals surface area (Å²) < 4.78 is 0. The van der Waals surface area contributed by atoms with Crippen molar-refractivity contribution in [1.29, 1.82) is 0 Å². The van der Waals surface area contributed by atoms with Gasteiger partial charge in [0.15, 0.2) is 0 Å². The highest BCUT2D eigenvalue weighted by Crippen LogP contribution is 2.09. The number of carboxylic acid groups (broad SMARTS) is 1. The van der Waals surface area contributed by atoms with Gasteiger partial charge < -0.3 is 10.4 Å². The first-order valence-corrected chi connectivity index (χ1v) is 5.19. The smallest absolute Gasteiger partial charge is 0.336 e. The number of amides is 1. The van der Waals surface area contributed by atoms with Crippen LogP contribution < -0.4 is 5.32 Å². The first-order chi connectivity index (χ1) is 8.11. The van der Waals surface area contributed by atoms with Gasteiger partial charge in [-0.15, -0.1) is 0 Å². The second-order valence-electron chi connectivity index (χ2n) is 3.44. The molecule has 0 radical (unpaired) electrons. The highest BCUT2D eigenvalue weighted by atomic mass is 16.4. The molecule has 0 unspecified atom stereocenters. The van der Waals surface area contributed by atoms with Crippen LogP contribution in [0.4, 0.5) is 0 Å². The molecule has 1 aromatic rings. The summed E-state index contributed by atoms with van der Waals surface area (Å²) in [6, 6.07) is 1.45. The third-order valence-corrected chi connectivity index (χ3v) is 2.06. The van der Waals surface area contributed by atoms with Crippen LogP contribution in [0.25, 0.3) is 6.08 Å². The van der Waals surface area contributed by atoms with Crippen molar-refractivity contribution in [2.45, 2.75) is 13.3 Å². The van der Waals surface area contributed by atoms with Crippen LogP contribution in [-0.2, 0) is 4.79 Å². The molecule has 1 heterocycles. The SMILES string of the molecule is CC(=O)NCCC=Cc1cnccc1C(=O)O. The van der Waals surface area contributed by atoms with Crippen molar-refractivity contribution < 1.29 is 14.7 Å². The molecule has 5 heteroatoms. The van der Waals surface area contributed by atoms with E-state index in [1.165, 1.54) is 25.4 Å². The lowest BCUT2D eigenvalue weighted by Crippen LogP contribution is -2.20. The Kier molecular flexibility index (Phi) is 4.87. The maximum Gasteiger partial charge on any atom is 0.336 e. The summed E-state index contributed by atoms with van der Waals surface area (Å²) in [6.07, 6.45) is 7.08. The molecule has 90 valence electrons. The van der Waals surface area contributed by atoms with Crippen LogP contribution >= 0.6 is 0 Å². The molecule has 0 aliphatic rings. The number of carbonyl (C=O) groups excluding carboxylic acids is 1. The van der Waals surface area contributed by atoms with Crippen molar-refractivity contribution >= 4 is 18.0 Å². The number of aromatic nitrogens is 1. The van der Waals surface area contributed by atoms with Gasteiger partial charge in [-0.2, -0.15) is 0 Å². The van der Waals surface area contributed by atoms with E-state index in [1.54, 1.807) is 12.2 Å². The number of aromatic carboxylic acids is 1. The minimum Gasteiger partial charge on any atom is -0.478 e. The van der Waals surface area contributed by atoms with E-state index in [0.717, 1.165) is 0 Å². The number of pyridine rings is 1. The van der Waals surface area contributed by atoms with Crippen LogP contribution in [0.5, 0.6) is 0 Å². The van der Waals surface area contributed by atoms with E-state index in [4.69, 9.17) is 5.11 Å². The zero-order valence-corrected chi connectivity index (χ0v) is 9.51. The quantitative estimate of drug-likeness (QED) is 0.753. The minimum absolute atomic E-state index is 0.0778. The highest BCUT2D eigenvalue weighted by molar-refractivity contribution is 5.91. The highest BCUT2D eigenvalue weighted by Gasteiger charge is 2.06. The lowest BCUT2D eigenvalue weighted by molar-refractivity contribution is -0.118. The molecular formula is C12H14N2O3. The fourth-order valence-electron chi connectivity index (χ4n) is 1.28. The molecule has 0 atom stereocenters. The number of nitrogens with one attached hydrogen (secondary N) is 1. The van der Waals surface area contributed by atoms with Crippen LogP contribution in [0.1, 0.15) is 29.3 Å². The van der Waals surface area contributed by atoms with Crippen molar-refractivity contribution in [3.8, 4) is 0 Å². The Morgan fingerprint density at radius 1 is 1.53 bits per heavy atom. The van der Waals surface area contributed by atoms with Gasteiger partial charge >= 0.3 is 5.97 Å². The van der Waals surface area contributed by atoms with Gasteiger partial charge in [-0.1, -0.05) is 12.2 Å². The Morgan fingerprint density at radius 3 is 2.94 bits per heavy atom. The van der Waals surface area contributed by atoms with Gasteiger partial charge in [0, 0.05) is 31.4 Å². The average molecular weight is 234 g/mol. The van der Waals surface area contributed by atoms with Crippen molar-refractivity contribution in [1.82, 2.24) is 10.3 Å². The van der Waals surface area contributed by atoms with Gasteiger partial charge in [0.05, 0.1) is 5.56 Å². The maximum absolute atomic E-state index is 10.9. The van der Waals surface area contributed by atoms with Crippen LogP contribution in [0.2, 0.25) is 0 Å². The molecule has 5 nitrogen and oxygen atoms in total. The standard InChI is InChI=1S/C12H14N2O3/c1-9(15)14-6-3-2-4-10-8-13-7-5-11(10)12(16)17/h2,4-5,7-8H,3,6H2,1H3,(H,14,15)(H,16,17). The van der Waals surface area contributed by atoms with Gasteiger partial charge in [0.1, 0.15) is 0 Å². The number of carbonyl (C=O) groups is 2. The summed E-state index contributed by atoms with van der Waals surface area (Å²) in [7, 11) is 0. The number of carboxylic acids is 1. The molecule has 1 rings (SSSR count). The van der Waals surface area contributed by atoms with E-state index < -0.39 is 5.97 Å². The Hall–Kier alpha value is -2.17. The van der Waals surface area contributed by atoms with Crippen LogP contribution in [0.15, 0.2) is 24.5 Å². The molecule has 0 fully saturated rings. The molecule has 1 aromatic heterocycles. The maximum atomic E-state index is 10.9. The van der Waals surface area contributed by atoms with Crippen molar-refractivity contribution in [2.75, 3.05) is 6.54 Å². The molecule has 0 saturated heterocycles. The molecular weight excluding hydrogens is 220 g/mol. The minimum atomic E-state index is -0.978. The fourth-order valence-corrected chi connectivity index (χ4v) is 1.28. The van der Waals surface area contributed by atoms with E-state index in [0.29, 0.717) is 18.5 Å². The monoisotopic (exact) mass is 234 g/mol. The summed E-state index contributed by atoms with van der Waals surface area (Å²) in [4.78, 5) is 25.3. The molecule has 0 aliphatic carbocycles. The number of hydrogen-bond donors (Lipinski definition) is 2. The third kappa shape index (κ3) is 4.46. The summed E-state index contributed by atoms with van der Waals surface area (Å²) in [6.45, 7) is 1.99. The largest absolute Gasteiger partial charge is 0.478 e. The normalized spacial score (nSPS) is 10.4. The van der Waals surface area contributed by atoms with Gasteiger partial charge in [-0.05, 0) is 12.5 Å². The predicted molar refractivity (Wildman–Crippen MR) is 63.5 cm³/mol. The van der Waals surface area contributed by atoms with Crippen LogP contribution in [-0.4, -0.2) is 28.5 Å². The predicted octanol–water partition coefficient (Wildman–Crippen LogP) is 1.32. The third-order valence-electron chi connectivity index (χ3n) is 2.06. The lowest BCUT2D eigenvalue weighted by atomic mass is 10.1. The molecule has 0 saturated carbocycles. The zero-order valence-electron chi connectivity index (χ0n) is 9.51. The van der Waals surface area contributed by atoms with Gasteiger partial charge in [0.25, 0.3) is 0 Å². The first-order valence-electron chi connectivity index (χ1n) is 5.19. The Morgan fingerprint density at radius 2 is 2.29 bits per heavy atom. The van der Waals surface area contributed by atoms with Crippen LogP contribution in [0, 0.1) is 0 Å². The first kappa shape index (κ1) is 12.9. The van der Waals surface area contributed by atoms with Crippen LogP contribution in [0.3, 0.4) is 0 Å². The average Bonchev–Trinajstić information content (AvgIpc) is 2.28. The second kappa shape index (κ2) is 6.42. The molecule has 0 aliphatic heterocycles. The Labute approximate surface area is 99.2 Å². The van der Waals surface area contributed by atoms with Gasteiger partial charge in [0.2, 0.25) is 5.91 Å². The van der Waals surface area contributed by atoms with Gasteiger partial charge in [-0.25, -0.2) is 4.79 Å². The topological polar surface area (TPSA) is 79.3 Å².